The molecular weight excluding hydrogens is 426 g/mol. The van der Waals surface area contributed by atoms with Gasteiger partial charge in [-0.25, -0.2) is 9.97 Å². The van der Waals surface area contributed by atoms with Crippen LogP contribution in [0.2, 0.25) is 5.02 Å². The normalized spacial score (nSPS) is 12.0. The van der Waals surface area contributed by atoms with Crippen molar-refractivity contribution >= 4 is 51.0 Å². The van der Waals surface area contributed by atoms with E-state index in [1.165, 1.54) is 18.0 Å². The summed E-state index contributed by atoms with van der Waals surface area (Å²) >= 11 is 10.5. The molecule has 9 heteroatoms. The lowest BCUT2D eigenvalue weighted by atomic mass is 10.2. The fraction of sp³-hybridized carbons (Fsp3) is 0.125. The van der Waals surface area contributed by atoms with E-state index in [-0.39, 0.29) is 11.2 Å². The Labute approximate surface area is 161 Å². The molecule has 0 aliphatic heterocycles. The van der Waals surface area contributed by atoms with Gasteiger partial charge in [-0.1, -0.05) is 57.5 Å². The van der Waals surface area contributed by atoms with Gasteiger partial charge in [-0.05, 0) is 25.1 Å². The van der Waals surface area contributed by atoms with Gasteiger partial charge in [0.1, 0.15) is 5.82 Å². The summed E-state index contributed by atoms with van der Waals surface area (Å²) in [7, 11) is 0. The molecule has 0 aliphatic rings. The number of nitrogens with zero attached hydrogens (tertiary/aromatic N) is 3. The Balaban J connectivity index is 1.65. The van der Waals surface area contributed by atoms with Gasteiger partial charge in [-0.15, -0.1) is 5.10 Å². The van der Waals surface area contributed by atoms with E-state index in [0.717, 1.165) is 10.0 Å². The predicted molar refractivity (Wildman–Crippen MR) is 103 cm³/mol. The largest absolute Gasteiger partial charge is 0.310 e. The van der Waals surface area contributed by atoms with Crippen molar-refractivity contribution in [1.82, 2.24) is 20.2 Å². The molecule has 1 atom stereocenters. The van der Waals surface area contributed by atoms with Gasteiger partial charge in [0, 0.05) is 16.2 Å². The van der Waals surface area contributed by atoms with E-state index in [4.69, 9.17) is 11.6 Å². The SMILES string of the molecule is C[C@H](Sc1n[nH]c(-c2ccccc2Br)n1)C(=O)Nc1ccc(Cl)cn1. The van der Waals surface area contributed by atoms with Crippen molar-refractivity contribution in [3.05, 3.63) is 52.1 Å². The van der Waals surface area contributed by atoms with Crippen molar-refractivity contribution in [2.24, 2.45) is 0 Å². The molecule has 3 aromatic rings. The maximum Gasteiger partial charge on any atom is 0.238 e. The second-order valence-electron chi connectivity index (χ2n) is 5.06. The van der Waals surface area contributed by atoms with E-state index in [0.29, 0.717) is 21.8 Å². The van der Waals surface area contributed by atoms with Crippen LogP contribution >= 0.6 is 39.3 Å². The number of nitrogens with one attached hydrogen (secondary N) is 2. The lowest BCUT2D eigenvalue weighted by Gasteiger charge is -2.09. The Hall–Kier alpha value is -1.90. The molecule has 2 aromatic heterocycles. The first-order valence-electron chi connectivity index (χ1n) is 7.29. The standard InChI is InChI=1S/C16H13BrClN5OS/c1-9(15(24)20-13-7-6-10(18)8-19-13)25-16-21-14(22-23-16)11-4-2-3-5-12(11)17/h2-9H,1H3,(H,19,20,24)(H,21,22,23)/t9-/m0/s1. The van der Waals surface area contributed by atoms with Gasteiger partial charge in [-0.2, -0.15) is 0 Å². The van der Waals surface area contributed by atoms with E-state index in [1.54, 1.807) is 19.1 Å². The van der Waals surface area contributed by atoms with Crippen LogP contribution in [0, 0.1) is 0 Å². The van der Waals surface area contributed by atoms with Crippen LogP contribution in [-0.4, -0.2) is 31.3 Å². The van der Waals surface area contributed by atoms with E-state index in [1.807, 2.05) is 24.3 Å². The molecular formula is C16H13BrClN5OS. The van der Waals surface area contributed by atoms with Gasteiger partial charge in [0.2, 0.25) is 11.1 Å². The molecule has 2 N–H and O–H groups in total. The number of hydrogen-bond acceptors (Lipinski definition) is 5. The maximum atomic E-state index is 12.3. The number of benzene rings is 1. The molecule has 25 heavy (non-hydrogen) atoms. The van der Waals surface area contributed by atoms with Gasteiger partial charge < -0.3 is 5.32 Å². The monoisotopic (exact) mass is 437 g/mol. The summed E-state index contributed by atoms with van der Waals surface area (Å²) in [6, 6.07) is 11.0. The van der Waals surface area contributed by atoms with E-state index >= 15 is 0 Å². The summed E-state index contributed by atoms with van der Waals surface area (Å²) < 4.78 is 0.919. The molecule has 0 saturated heterocycles. The number of carbonyl (C=O) groups is 1. The maximum absolute atomic E-state index is 12.3. The second-order valence-corrected chi connectivity index (χ2v) is 7.66. The van der Waals surface area contributed by atoms with Gasteiger partial charge in [-0.3, -0.25) is 9.89 Å². The van der Waals surface area contributed by atoms with Crippen LogP contribution in [-0.2, 0) is 4.79 Å². The molecule has 0 aliphatic carbocycles. The third-order valence-electron chi connectivity index (χ3n) is 3.22. The average molecular weight is 439 g/mol. The summed E-state index contributed by atoms with van der Waals surface area (Å²) in [6.07, 6.45) is 1.48. The fourth-order valence-corrected chi connectivity index (χ4v) is 3.27. The molecule has 1 aromatic carbocycles. The van der Waals surface area contributed by atoms with Gasteiger partial charge in [0.25, 0.3) is 0 Å². The molecule has 1 amide bonds. The first-order valence-corrected chi connectivity index (χ1v) is 9.34. The molecule has 0 unspecified atom stereocenters. The summed E-state index contributed by atoms with van der Waals surface area (Å²) in [5.74, 6) is 0.903. The molecule has 3 rings (SSSR count). The molecule has 2 heterocycles. The Bertz CT molecular complexity index is 886. The van der Waals surface area contributed by atoms with Gasteiger partial charge in [0.05, 0.1) is 10.3 Å². The predicted octanol–water partition coefficient (Wildman–Crippen LogP) is 4.40. The number of aromatic amines is 1. The molecule has 6 nitrogen and oxygen atoms in total. The van der Waals surface area contributed by atoms with Crippen molar-refractivity contribution in [3.63, 3.8) is 0 Å². The van der Waals surface area contributed by atoms with Crippen molar-refractivity contribution in [2.75, 3.05) is 5.32 Å². The highest BCUT2D eigenvalue weighted by Crippen LogP contribution is 2.27. The smallest absolute Gasteiger partial charge is 0.238 e. The Kier molecular flexibility index (Phi) is 5.72. The topological polar surface area (TPSA) is 83.6 Å². The van der Waals surface area contributed by atoms with Crippen LogP contribution in [0.1, 0.15) is 6.92 Å². The van der Waals surface area contributed by atoms with Crippen LogP contribution < -0.4 is 5.32 Å². The third-order valence-corrected chi connectivity index (χ3v) is 5.10. The Morgan fingerprint density at radius 1 is 1.32 bits per heavy atom. The van der Waals surface area contributed by atoms with Crippen molar-refractivity contribution in [2.45, 2.75) is 17.3 Å². The number of anilines is 1. The van der Waals surface area contributed by atoms with Crippen LogP contribution in [0.5, 0.6) is 0 Å². The van der Waals surface area contributed by atoms with Crippen LogP contribution in [0.15, 0.2) is 52.2 Å². The zero-order chi connectivity index (χ0) is 17.8. The minimum Gasteiger partial charge on any atom is -0.310 e. The zero-order valence-corrected chi connectivity index (χ0v) is 16.2. The fourth-order valence-electron chi connectivity index (χ4n) is 1.96. The van der Waals surface area contributed by atoms with Gasteiger partial charge >= 0.3 is 0 Å². The average Bonchev–Trinajstić information content (AvgIpc) is 3.05. The number of carbonyl (C=O) groups excluding carboxylic acids is 1. The summed E-state index contributed by atoms with van der Waals surface area (Å²) in [5.41, 5.74) is 0.907. The number of rotatable bonds is 5. The lowest BCUT2D eigenvalue weighted by Crippen LogP contribution is -2.23. The highest BCUT2D eigenvalue weighted by molar-refractivity contribution is 9.10. The first kappa shape index (κ1) is 17.9. The number of aromatic nitrogens is 4. The minimum absolute atomic E-state index is 0.188. The quantitative estimate of drug-likeness (QED) is 0.577. The van der Waals surface area contributed by atoms with Crippen molar-refractivity contribution < 1.29 is 4.79 Å². The van der Waals surface area contributed by atoms with E-state index in [9.17, 15) is 4.79 Å². The molecule has 0 fully saturated rings. The highest BCUT2D eigenvalue weighted by Gasteiger charge is 2.18. The third kappa shape index (κ3) is 4.59. The number of H-pyrrole nitrogens is 1. The number of halogens is 2. The molecule has 128 valence electrons. The Morgan fingerprint density at radius 3 is 2.84 bits per heavy atom. The van der Waals surface area contributed by atoms with Crippen LogP contribution in [0.4, 0.5) is 5.82 Å². The summed E-state index contributed by atoms with van der Waals surface area (Å²) in [4.78, 5) is 20.7. The molecule has 0 radical (unpaired) electrons. The lowest BCUT2D eigenvalue weighted by molar-refractivity contribution is -0.115. The highest BCUT2D eigenvalue weighted by atomic mass is 79.9. The number of thioether (sulfide) groups is 1. The van der Waals surface area contributed by atoms with Crippen molar-refractivity contribution in [3.8, 4) is 11.4 Å². The van der Waals surface area contributed by atoms with Crippen molar-refractivity contribution in [1.29, 1.82) is 0 Å². The molecule has 0 spiro atoms. The van der Waals surface area contributed by atoms with Gasteiger partial charge in [0.15, 0.2) is 5.82 Å². The molecule has 0 saturated carbocycles. The summed E-state index contributed by atoms with van der Waals surface area (Å²) in [5, 5.41) is 10.4. The van der Waals surface area contributed by atoms with Crippen LogP contribution in [0.3, 0.4) is 0 Å². The van der Waals surface area contributed by atoms with E-state index in [2.05, 4.69) is 41.4 Å². The Morgan fingerprint density at radius 2 is 2.12 bits per heavy atom. The number of amides is 1. The number of pyridine rings is 1. The first-order chi connectivity index (χ1) is 12.0. The number of hydrogen-bond donors (Lipinski definition) is 2. The zero-order valence-electron chi connectivity index (χ0n) is 13.0. The summed E-state index contributed by atoms with van der Waals surface area (Å²) in [6.45, 7) is 1.78. The molecule has 0 bridgehead atoms. The minimum atomic E-state index is -0.389. The second kappa shape index (κ2) is 7.99. The van der Waals surface area contributed by atoms with E-state index < -0.39 is 0 Å². The van der Waals surface area contributed by atoms with Crippen LogP contribution in [0.25, 0.3) is 11.4 Å².